The highest BCUT2D eigenvalue weighted by molar-refractivity contribution is 5.78. The summed E-state index contributed by atoms with van der Waals surface area (Å²) in [6.07, 6.45) is 3.34. The van der Waals surface area contributed by atoms with Crippen LogP contribution in [-0.4, -0.2) is 30.8 Å². The number of aliphatic hydroxyl groups excluding tert-OH is 1. The fourth-order valence-corrected chi connectivity index (χ4v) is 1.70. The molecule has 1 aliphatic carbocycles. The maximum atomic E-state index is 9.00. The van der Waals surface area contributed by atoms with Crippen molar-refractivity contribution < 1.29 is 5.11 Å². The fraction of sp³-hybridized carbons (Fsp3) is 0.875. The zero-order valence-corrected chi connectivity index (χ0v) is 7.45. The van der Waals surface area contributed by atoms with Gasteiger partial charge in [-0.05, 0) is 12.8 Å². The van der Waals surface area contributed by atoms with Crippen LogP contribution < -0.4 is 11.1 Å². The molecule has 1 saturated carbocycles. The molecule has 0 radical (unpaired) electrons. The van der Waals surface area contributed by atoms with E-state index in [4.69, 9.17) is 10.8 Å². The Labute approximate surface area is 72.9 Å². The van der Waals surface area contributed by atoms with Gasteiger partial charge in [-0.15, -0.1) is 0 Å². The van der Waals surface area contributed by atoms with E-state index in [1.165, 1.54) is 6.42 Å². The minimum absolute atomic E-state index is 0.245. The van der Waals surface area contributed by atoms with Gasteiger partial charge in [0.25, 0.3) is 0 Å². The van der Waals surface area contributed by atoms with E-state index in [0.29, 0.717) is 17.9 Å². The van der Waals surface area contributed by atoms with E-state index in [0.717, 1.165) is 12.8 Å². The number of nitrogens with one attached hydrogen (secondary N) is 1. The molecule has 0 aromatic rings. The predicted molar refractivity (Wildman–Crippen MR) is 48.9 cm³/mol. The number of nitrogens with two attached hydrogens (primary N) is 1. The van der Waals surface area contributed by atoms with Crippen molar-refractivity contribution in [2.75, 3.05) is 13.7 Å². The topological polar surface area (TPSA) is 70.6 Å². The minimum Gasteiger partial charge on any atom is -0.396 e. The lowest BCUT2D eigenvalue weighted by Gasteiger charge is -2.18. The summed E-state index contributed by atoms with van der Waals surface area (Å²) in [5.74, 6) is 0.825. The Morgan fingerprint density at radius 2 is 2.42 bits per heavy atom. The third-order valence-electron chi connectivity index (χ3n) is 2.47. The summed E-state index contributed by atoms with van der Waals surface area (Å²) in [4.78, 5) is 3.82. The van der Waals surface area contributed by atoms with E-state index in [2.05, 4.69) is 10.3 Å². The lowest BCUT2D eigenvalue weighted by atomic mass is 10.1. The average Bonchev–Trinajstić information content (AvgIpc) is 2.51. The minimum atomic E-state index is 0.245. The van der Waals surface area contributed by atoms with Crippen LogP contribution >= 0.6 is 0 Å². The van der Waals surface area contributed by atoms with E-state index >= 15 is 0 Å². The van der Waals surface area contributed by atoms with Crippen LogP contribution in [0.25, 0.3) is 0 Å². The Kier molecular flexibility index (Phi) is 3.34. The quantitative estimate of drug-likeness (QED) is 0.394. The number of guanidine groups is 1. The first-order valence-corrected chi connectivity index (χ1v) is 4.37. The molecule has 4 nitrogen and oxygen atoms in total. The molecule has 1 aliphatic rings. The van der Waals surface area contributed by atoms with Crippen LogP contribution in [-0.2, 0) is 0 Å². The van der Waals surface area contributed by atoms with Gasteiger partial charge in [-0.3, -0.25) is 4.99 Å². The van der Waals surface area contributed by atoms with Crippen molar-refractivity contribution >= 4 is 5.96 Å². The van der Waals surface area contributed by atoms with Gasteiger partial charge >= 0.3 is 0 Å². The molecule has 0 bridgehead atoms. The highest BCUT2D eigenvalue weighted by atomic mass is 16.3. The zero-order chi connectivity index (χ0) is 8.97. The number of hydrogen-bond acceptors (Lipinski definition) is 2. The monoisotopic (exact) mass is 171 g/mol. The number of nitrogens with zero attached hydrogens (tertiary/aromatic N) is 1. The summed E-state index contributed by atoms with van der Waals surface area (Å²) in [5.41, 5.74) is 5.53. The van der Waals surface area contributed by atoms with Gasteiger partial charge in [0.1, 0.15) is 0 Å². The lowest BCUT2D eigenvalue weighted by Crippen LogP contribution is -2.42. The maximum absolute atomic E-state index is 9.00. The molecule has 0 unspecified atom stereocenters. The van der Waals surface area contributed by atoms with E-state index in [9.17, 15) is 0 Å². The van der Waals surface area contributed by atoms with Gasteiger partial charge in [0, 0.05) is 25.6 Å². The highest BCUT2D eigenvalue weighted by Crippen LogP contribution is 2.24. The maximum Gasteiger partial charge on any atom is 0.188 e. The van der Waals surface area contributed by atoms with Gasteiger partial charge in [-0.1, -0.05) is 6.42 Å². The predicted octanol–water partition coefficient (Wildman–Crippen LogP) is -0.318. The highest BCUT2D eigenvalue weighted by Gasteiger charge is 2.26. The molecule has 0 amide bonds. The molecule has 12 heavy (non-hydrogen) atoms. The molecule has 0 aromatic carbocycles. The van der Waals surface area contributed by atoms with Crippen molar-refractivity contribution in [2.24, 2.45) is 16.6 Å². The van der Waals surface area contributed by atoms with Crippen LogP contribution in [0.15, 0.2) is 4.99 Å². The SMILES string of the molecule is CN=C(N)N[C@@H]1CCC[C@@H]1CO. The second kappa shape index (κ2) is 4.30. The van der Waals surface area contributed by atoms with Crippen LogP contribution in [0.4, 0.5) is 0 Å². The molecule has 0 aromatic heterocycles. The van der Waals surface area contributed by atoms with Crippen molar-refractivity contribution in [1.82, 2.24) is 5.32 Å². The largest absolute Gasteiger partial charge is 0.396 e. The molecule has 70 valence electrons. The van der Waals surface area contributed by atoms with Gasteiger partial charge in [0.15, 0.2) is 5.96 Å². The normalized spacial score (nSPS) is 30.7. The Morgan fingerprint density at radius 3 is 3.00 bits per heavy atom. The van der Waals surface area contributed by atoms with Crippen LogP contribution in [0.5, 0.6) is 0 Å². The van der Waals surface area contributed by atoms with Crippen molar-refractivity contribution in [2.45, 2.75) is 25.3 Å². The summed E-state index contributed by atoms with van der Waals surface area (Å²) >= 11 is 0. The third-order valence-corrected chi connectivity index (χ3v) is 2.47. The van der Waals surface area contributed by atoms with E-state index in [1.54, 1.807) is 7.05 Å². The Bertz CT molecular complexity index is 170. The Hall–Kier alpha value is -0.770. The standard InChI is InChI=1S/C8H17N3O/c1-10-8(9)11-7-4-2-3-6(7)5-12/h6-7,12H,2-5H2,1H3,(H3,9,10,11)/t6-,7-/m1/s1. The molecular formula is C8H17N3O. The smallest absolute Gasteiger partial charge is 0.188 e. The Morgan fingerprint density at radius 1 is 1.67 bits per heavy atom. The van der Waals surface area contributed by atoms with Crippen molar-refractivity contribution in [3.63, 3.8) is 0 Å². The molecule has 1 rings (SSSR count). The van der Waals surface area contributed by atoms with Gasteiger partial charge in [-0.2, -0.15) is 0 Å². The van der Waals surface area contributed by atoms with Gasteiger partial charge in [0.2, 0.25) is 0 Å². The molecule has 2 atom stereocenters. The first-order valence-electron chi connectivity index (χ1n) is 4.37. The summed E-state index contributed by atoms with van der Waals surface area (Å²) in [7, 11) is 1.66. The van der Waals surface area contributed by atoms with Gasteiger partial charge < -0.3 is 16.2 Å². The molecular weight excluding hydrogens is 154 g/mol. The molecule has 0 saturated heterocycles. The van der Waals surface area contributed by atoms with Crippen LogP contribution in [0, 0.1) is 5.92 Å². The number of hydrogen-bond donors (Lipinski definition) is 3. The first kappa shape index (κ1) is 9.32. The second-order valence-electron chi connectivity index (χ2n) is 3.23. The van der Waals surface area contributed by atoms with E-state index in [-0.39, 0.29) is 6.61 Å². The average molecular weight is 171 g/mol. The van der Waals surface area contributed by atoms with Gasteiger partial charge in [0.05, 0.1) is 0 Å². The van der Waals surface area contributed by atoms with E-state index in [1.807, 2.05) is 0 Å². The second-order valence-corrected chi connectivity index (χ2v) is 3.23. The van der Waals surface area contributed by atoms with Crippen molar-refractivity contribution in [1.29, 1.82) is 0 Å². The number of aliphatic imine (C=N–C) groups is 1. The van der Waals surface area contributed by atoms with Crippen molar-refractivity contribution in [3.05, 3.63) is 0 Å². The third kappa shape index (κ3) is 2.11. The van der Waals surface area contributed by atoms with Crippen LogP contribution in [0.3, 0.4) is 0 Å². The molecule has 0 heterocycles. The zero-order valence-electron chi connectivity index (χ0n) is 7.45. The van der Waals surface area contributed by atoms with E-state index < -0.39 is 0 Å². The van der Waals surface area contributed by atoms with Crippen LogP contribution in [0.2, 0.25) is 0 Å². The van der Waals surface area contributed by atoms with Crippen molar-refractivity contribution in [3.8, 4) is 0 Å². The fourth-order valence-electron chi connectivity index (χ4n) is 1.70. The number of rotatable bonds is 2. The molecule has 0 aliphatic heterocycles. The lowest BCUT2D eigenvalue weighted by molar-refractivity contribution is 0.212. The summed E-state index contributed by atoms with van der Waals surface area (Å²) in [6.45, 7) is 0.245. The number of aliphatic hydroxyl groups is 1. The van der Waals surface area contributed by atoms with Crippen LogP contribution in [0.1, 0.15) is 19.3 Å². The Balaban J connectivity index is 2.40. The molecule has 4 N–H and O–H groups in total. The van der Waals surface area contributed by atoms with Gasteiger partial charge in [-0.25, -0.2) is 0 Å². The molecule has 0 spiro atoms. The molecule has 1 fully saturated rings. The summed E-state index contributed by atoms with van der Waals surface area (Å²) in [6, 6.07) is 0.318. The summed E-state index contributed by atoms with van der Waals surface area (Å²) in [5, 5.41) is 12.1. The summed E-state index contributed by atoms with van der Waals surface area (Å²) < 4.78 is 0. The molecule has 4 heteroatoms. The first-order chi connectivity index (χ1) is 5.77.